The molecule has 50 valence electrons. The molecule has 0 saturated carbocycles. The fourth-order valence-electron chi connectivity index (χ4n) is 0.250. The van der Waals surface area contributed by atoms with Crippen molar-refractivity contribution in [1.82, 2.24) is 0 Å². The first-order valence-electron chi connectivity index (χ1n) is 2.51. The maximum atomic E-state index is 10.2. The lowest BCUT2D eigenvalue weighted by Gasteiger charge is -1.81. The molecular weight excluding hydrogens is 108 g/mol. The third-order valence-electron chi connectivity index (χ3n) is 0.789. The van der Waals surface area contributed by atoms with Crippen LogP contribution >= 0.6 is 0 Å². The molecule has 0 aliphatic heterocycles. The summed E-state index contributed by atoms with van der Waals surface area (Å²) in [5.74, 6) is 0.343. The Hall–Kier alpha value is -0.410. The van der Waals surface area contributed by atoms with Gasteiger partial charge < -0.3 is 10.5 Å². The Morgan fingerprint density at radius 3 is 1.62 bits per heavy atom. The van der Waals surface area contributed by atoms with Crippen molar-refractivity contribution in [1.29, 1.82) is 0 Å². The van der Waals surface area contributed by atoms with E-state index in [9.17, 15) is 4.79 Å². The molecule has 0 atom stereocenters. The van der Waals surface area contributed by atoms with Gasteiger partial charge in [0.25, 0.3) is 0 Å². The molecule has 0 aromatic heterocycles. The van der Waals surface area contributed by atoms with Crippen LogP contribution in [0.25, 0.3) is 0 Å². The fourth-order valence-corrected chi connectivity index (χ4v) is 0.250. The van der Waals surface area contributed by atoms with E-state index in [0.717, 1.165) is 0 Å². The normalized spacial score (nSPS) is 7.00. The largest absolute Gasteiger partial charge is 0.727 e. The van der Waals surface area contributed by atoms with Crippen molar-refractivity contribution in [3.05, 3.63) is 0 Å². The van der Waals surface area contributed by atoms with Crippen LogP contribution in [-0.2, 0) is 4.79 Å². The summed E-state index contributed by atoms with van der Waals surface area (Å²) in [7, 11) is 0. The van der Waals surface area contributed by atoms with Crippen molar-refractivity contribution in [2.24, 2.45) is 0 Å². The van der Waals surface area contributed by atoms with Crippen LogP contribution in [0.3, 0.4) is 0 Å². The lowest BCUT2D eigenvalue weighted by atomic mass is 10.3. The van der Waals surface area contributed by atoms with Crippen molar-refractivity contribution in [3.63, 3.8) is 0 Å². The van der Waals surface area contributed by atoms with E-state index in [1.807, 2.05) is 13.8 Å². The summed E-state index contributed by atoms with van der Waals surface area (Å²) in [5.41, 5.74) is 0. The monoisotopic (exact) mass is 119 g/mol. The second-order valence-electron chi connectivity index (χ2n) is 1.25. The van der Waals surface area contributed by atoms with Crippen molar-refractivity contribution in [3.8, 4) is 0 Å². The molecule has 3 nitrogen and oxygen atoms in total. The van der Waals surface area contributed by atoms with Crippen LogP contribution in [-0.4, -0.2) is 11.0 Å². The molecule has 3 heteroatoms. The van der Waals surface area contributed by atoms with Gasteiger partial charge in [-0.25, -0.2) is 0 Å². The van der Waals surface area contributed by atoms with Crippen molar-refractivity contribution in [2.45, 2.75) is 26.7 Å². The summed E-state index contributed by atoms with van der Waals surface area (Å²) in [6.07, 6.45) is 1.38. The van der Waals surface area contributed by atoms with Crippen LogP contribution in [0.5, 0.6) is 0 Å². The molecule has 0 aromatic rings. The van der Waals surface area contributed by atoms with Gasteiger partial charge >= 0.3 is 0 Å². The van der Waals surface area contributed by atoms with E-state index in [0.29, 0.717) is 18.6 Å². The summed E-state index contributed by atoms with van der Waals surface area (Å²) >= 11 is 0. The number of carbonyl (C=O) groups is 1. The van der Waals surface area contributed by atoms with E-state index in [1.54, 1.807) is 0 Å². The highest BCUT2D eigenvalue weighted by Gasteiger charge is 1.86. The lowest BCUT2D eigenvalue weighted by Crippen LogP contribution is -1.88. The average molecular weight is 119 g/mol. The number of Topliss-reactive ketones (excluding diaryl/α,β-unsaturated/α-hetero) is 1. The van der Waals surface area contributed by atoms with E-state index < -0.39 is 0 Å². The zero-order valence-corrected chi connectivity index (χ0v) is 5.18. The molecule has 0 radical (unpaired) electrons. The van der Waals surface area contributed by atoms with Gasteiger partial charge in [0.05, 0.1) is 0 Å². The Kier molecular flexibility index (Phi) is 12.9. The van der Waals surface area contributed by atoms with Gasteiger partial charge in [0.15, 0.2) is 0 Å². The van der Waals surface area contributed by atoms with Gasteiger partial charge in [-0.2, -0.15) is 0 Å². The molecule has 0 heterocycles. The first-order valence-corrected chi connectivity index (χ1v) is 2.51. The van der Waals surface area contributed by atoms with E-state index in [-0.39, 0.29) is 0 Å². The van der Waals surface area contributed by atoms with Gasteiger partial charge in [-0.1, -0.05) is 13.8 Å². The minimum absolute atomic E-state index is 0.343. The van der Waals surface area contributed by atoms with Crippen LogP contribution in [0.2, 0.25) is 0 Å². The highest BCUT2D eigenvalue weighted by atomic mass is 17.0. The number of ketones is 1. The molecule has 0 bridgehead atoms. The summed E-state index contributed by atoms with van der Waals surface area (Å²) in [5, 5.41) is 13.0. The highest BCUT2D eigenvalue weighted by Crippen LogP contribution is 1.82. The number of carbonyl (C=O) groups excluding carboxylic acids is 1. The van der Waals surface area contributed by atoms with E-state index in [1.165, 1.54) is 0 Å². The third kappa shape index (κ3) is 9.14. The summed E-state index contributed by atoms with van der Waals surface area (Å²) < 4.78 is 0. The smallest absolute Gasteiger partial charge is 0.132 e. The molecule has 0 unspecified atom stereocenters. The Balaban J connectivity index is 0. The van der Waals surface area contributed by atoms with E-state index >= 15 is 0 Å². The molecule has 0 saturated heterocycles. The predicted octanol–water partition coefficient (Wildman–Crippen LogP) is 0.195. The van der Waals surface area contributed by atoms with Crippen LogP contribution in [0.4, 0.5) is 0 Å². The van der Waals surface area contributed by atoms with Crippen LogP contribution in [0.1, 0.15) is 26.7 Å². The quantitative estimate of drug-likeness (QED) is 0.417. The number of hydrogen-bond donors (Lipinski definition) is 1. The van der Waals surface area contributed by atoms with Crippen molar-refractivity contribution >= 4 is 5.78 Å². The highest BCUT2D eigenvalue weighted by molar-refractivity contribution is 5.77. The standard InChI is InChI=1S/C5H10O.H2O2/c1-3-5(6)4-2;1-2/h3-4H2,1-2H3;1-2H/p-1. The van der Waals surface area contributed by atoms with Gasteiger partial charge in [-0.05, 0) is 0 Å². The van der Waals surface area contributed by atoms with Crippen LogP contribution < -0.4 is 5.26 Å². The predicted molar refractivity (Wildman–Crippen MR) is 28.2 cm³/mol. The van der Waals surface area contributed by atoms with Gasteiger partial charge in [-0.15, -0.1) is 0 Å². The van der Waals surface area contributed by atoms with Gasteiger partial charge in [0, 0.05) is 12.8 Å². The zero-order chi connectivity index (χ0) is 6.99. The maximum absolute atomic E-state index is 10.2. The molecule has 0 aliphatic carbocycles. The van der Waals surface area contributed by atoms with Crippen molar-refractivity contribution < 1.29 is 15.3 Å². The van der Waals surface area contributed by atoms with Gasteiger partial charge in [0.1, 0.15) is 5.78 Å². The SMILES string of the molecule is CCC(=O)CC.[O-]O. The second-order valence-corrected chi connectivity index (χ2v) is 1.25. The second kappa shape index (κ2) is 9.77. The van der Waals surface area contributed by atoms with Crippen LogP contribution in [0.15, 0.2) is 0 Å². The molecule has 0 aliphatic rings. The van der Waals surface area contributed by atoms with Gasteiger partial charge in [-0.3, -0.25) is 4.79 Å². The molecule has 0 amide bonds. The Bertz CT molecular complexity index is 45.6. The first kappa shape index (κ1) is 10.5. The topological polar surface area (TPSA) is 60.4 Å². The van der Waals surface area contributed by atoms with E-state index in [4.69, 9.17) is 10.5 Å². The van der Waals surface area contributed by atoms with Crippen LogP contribution in [0, 0.1) is 0 Å². The van der Waals surface area contributed by atoms with E-state index in [2.05, 4.69) is 0 Å². The third-order valence-corrected chi connectivity index (χ3v) is 0.789. The molecule has 8 heavy (non-hydrogen) atoms. The zero-order valence-electron chi connectivity index (χ0n) is 5.18. The average Bonchev–Trinajstić information content (AvgIpc) is 1.91. The molecule has 0 rings (SSSR count). The first-order chi connectivity index (χ1) is 3.81. The number of rotatable bonds is 2. The van der Waals surface area contributed by atoms with Crippen molar-refractivity contribution in [2.75, 3.05) is 0 Å². The van der Waals surface area contributed by atoms with Gasteiger partial charge in [0.2, 0.25) is 0 Å². The fraction of sp³-hybridized carbons (Fsp3) is 0.800. The molecule has 0 fully saturated rings. The molecule has 0 aromatic carbocycles. The Morgan fingerprint density at radius 2 is 1.62 bits per heavy atom. The Labute approximate surface area is 48.9 Å². The minimum atomic E-state index is 0.343. The summed E-state index contributed by atoms with van der Waals surface area (Å²) in [6.45, 7) is 3.76. The molecule has 1 N–H and O–H groups in total. The lowest BCUT2D eigenvalue weighted by molar-refractivity contribution is -0.670. The maximum Gasteiger partial charge on any atom is 0.132 e. The molecule has 0 spiro atoms. The summed E-state index contributed by atoms with van der Waals surface area (Å²) in [4.78, 5) is 10.2. The molecular formula is C5H11O3-. The summed E-state index contributed by atoms with van der Waals surface area (Å²) in [6, 6.07) is 0. The number of hydrogen-bond acceptors (Lipinski definition) is 3. The minimum Gasteiger partial charge on any atom is -0.727 e. The Morgan fingerprint density at radius 1 is 1.38 bits per heavy atom.